The van der Waals surface area contributed by atoms with Crippen molar-refractivity contribution >= 4 is 23.0 Å². The first-order valence-electron chi connectivity index (χ1n) is 9.92. The fraction of sp³-hybridized carbons (Fsp3) is 0.120. The second kappa shape index (κ2) is 7.19. The number of aromatic nitrogens is 1. The van der Waals surface area contributed by atoms with E-state index in [1.807, 2.05) is 60.7 Å². The predicted molar refractivity (Wildman–Crippen MR) is 114 cm³/mol. The second-order valence-electron chi connectivity index (χ2n) is 7.42. The van der Waals surface area contributed by atoms with Gasteiger partial charge in [-0.05, 0) is 25.0 Å². The van der Waals surface area contributed by atoms with Crippen LogP contribution < -0.4 is 5.32 Å². The Balaban J connectivity index is 1.73. The molecule has 3 aromatic rings. The van der Waals surface area contributed by atoms with Gasteiger partial charge in [0, 0.05) is 29.3 Å². The molecule has 0 saturated heterocycles. The highest BCUT2D eigenvalue weighted by Gasteiger charge is 2.36. The number of ketones is 3. The summed E-state index contributed by atoms with van der Waals surface area (Å²) >= 11 is 0. The van der Waals surface area contributed by atoms with Crippen LogP contribution in [0.5, 0.6) is 0 Å². The number of hydrogen-bond acceptors (Lipinski definition) is 5. The molecule has 30 heavy (non-hydrogen) atoms. The van der Waals surface area contributed by atoms with Crippen molar-refractivity contribution in [2.24, 2.45) is 0 Å². The molecule has 1 heterocycles. The molecule has 0 spiro atoms. The third-order valence-electron chi connectivity index (χ3n) is 5.46. The van der Waals surface area contributed by atoms with Gasteiger partial charge in [0.05, 0.1) is 28.2 Å². The van der Waals surface area contributed by atoms with E-state index in [2.05, 4.69) is 5.32 Å². The van der Waals surface area contributed by atoms with Gasteiger partial charge in [-0.25, -0.2) is 0 Å². The molecule has 146 valence electrons. The minimum atomic E-state index is -0.339. The van der Waals surface area contributed by atoms with Crippen LogP contribution in [0.25, 0.3) is 11.3 Å². The minimum Gasteiger partial charge on any atom is -0.352 e. The molecule has 2 aromatic carbocycles. The van der Waals surface area contributed by atoms with Crippen LogP contribution in [0.4, 0.5) is 5.69 Å². The summed E-state index contributed by atoms with van der Waals surface area (Å²) in [6, 6.07) is 18.5. The van der Waals surface area contributed by atoms with Gasteiger partial charge in [-0.3, -0.25) is 19.4 Å². The standard InChI is InChI=1S/C25H18N2O3/c28-19-13-7-12-17-21(19)22-20(29)14-18(26-16-10-5-2-6-11-16)25(30)23(22)24(27-17)15-8-3-1-4-9-15/h1-6,8-11,14,26H,7,12-13H2. The van der Waals surface area contributed by atoms with Crippen LogP contribution in [-0.4, -0.2) is 22.3 Å². The molecule has 5 heteroatoms. The zero-order valence-electron chi connectivity index (χ0n) is 16.1. The number of fused-ring (bicyclic) bond motifs is 3. The molecule has 0 radical (unpaired) electrons. The number of nitrogens with one attached hydrogen (secondary N) is 1. The number of hydrogen-bond donors (Lipinski definition) is 1. The number of Topliss-reactive ketones (excluding diaryl/α,β-unsaturated/α-hetero) is 2. The fourth-order valence-electron chi connectivity index (χ4n) is 4.10. The first kappa shape index (κ1) is 18.2. The molecule has 0 aliphatic heterocycles. The molecule has 5 nitrogen and oxygen atoms in total. The molecule has 0 amide bonds. The van der Waals surface area contributed by atoms with E-state index in [9.17, 15) is 14.4 Å². The maximum absolute atomic E-state index is 13.5. The summed E-state index contributed by atoms with van der Waals surface area (Å²) in [4.78, 5) is 44.1. The number of rotatable bonds is 3. The summed E-state index contributed by atoms with van der Waals surface area (Å²) < 4.78 is 0. The van der Waals surface area contributed by atoms with Crippen LogP contribution in [0.2, 0.25) is 0 Å². The normalized spacial score (nSPS) is 15.3. The summed E-state index contributed by atoms with van der Waals surface area (Å²) in [5, 5.41) is 3.05. The van der Waals surface area contributed by atoms with E-state index in [4.69, 9.17) is 4.98 Å². The van der Waals surface area contributed by atoms with E-state index in [1.165, 1.54) is 6.08 Å². The molecule has 2 aliphatic rings. The lowest BCUT2D eigenvalue weighted by atomic mass is 9.81. The molecular formula is C25H18N2O3. The molecule has 1 aromatic heterocycles. The van der Waals surface area contributed by atoms with Crippen molar-refractivity contribution in [1.29, 1.82) is 0 Å². The Morgan fingerprint density at radius 2 is 1.47 bits per heavy atom. The highest BCUT2D eigenvalue weighted by Crippen LogP contribution is 2.36. The number of benzene rings is 2. The Hall–Kier alpha value is -3.86. The van der Waals surface area contributed by atoms with Gasteiger partial charge >= 0.3 is 0 Å². The maximum Gasteiger partial charge on any atom is 0.212 e. The van der Waals surface area contributed by atoms with Crippen LogP contribution in [-0.2, 0) is 6.42 Å². The number of anilines is 1. The van der Waals surface area contributed by atoms with Gasteiger partial charge in [-0.2, -0.15) is 0 Å². The number of carbonyl (C=O) groups excluding carboxylic acids is 3. The Morgan fingerprint density at radius 3 is 2.20 bits per heavy atom. The average Bonchev–Trinajstić information content (AvgIpc) is 2.77. The van der Waals surface area contributed by atoms with Gasteiger partial charge in [0.1, 0.15) is 0 Å². The summed E-state index contributed by atoms with van der Waals surface area (Å²) in [6.07, 6.45) is 2.99. The summed E-state index contributed by atoms with van der Waals surface area (Å²) in [5.74, 6) is -0.788. The quantitative estimate of drug-likeness (QED) is 0.700. The molecule has 5 rings (SSSR count). The number of carbonyl (C=O) groups is 3. The van der Waals surface area contributed by atoms with E-state index in [0.29, 0.717) is 41.9 Å². The SMILES string of the molecule is O=C1CCCc2nc(-c3ccccc3)c3c(c21)C(=O)C=C(Nc1ccccc1)C3=O. The van der Waals surface area contributed by atoms with Crippen LogP contribution in [0.15, 0.2) is 72.4 Å². The van der Waals surface area contributed by atoms with Crippen LogP contribution >= 0.6 is 0 Å². The number of para-hydroxylation sites is 1. The van der Waals surface area contributed by atoms with E-state index < -0.39 is 0 Å². The monoisotopic (exact) mass is 394 g/mol. The number of allylic oxidation sites excluding steroid dienone is 2. The Morgan fingerprint density at radius 1 is 0.767 bits per heavy atom. The van der Waals surface area contributed by atoms with Crippen molar-refractivity contribution in [2.45, 2.75) is 19.3 Å². The lowest BCUT2D eigenvalue weighted by Gasteiger charge is -2.25. The molecule has 0 saturated carbocycles. The van der Waals surface area contributed by atoms with E-state index in [-0.39, 0.29) is 34.2 Å². The van der Waals surface area contributed by atoms with Gasteiger partial charge in [0.15, 0.2) is 11.6 Å². The number of aryl methyl sites for hydroxylation is 1. The third kappa shape index (κ3) is 2.95. The van der Waals surface area contributed by atoms with Crippen molar-refractivity contribution in [2.75, 3.05) is 5.32 Å². The molecule has 0 bridgehead atoms. The van der Waals surface area contributed by atoms with E-state index in [0.717, 1.165) is 5.56 Å². The van der Waals surface area contributed by atoms with Crippen LogP contribution in [0, 0.1) is 0 Å². The molecule has 2 aliphatic carbocycles. The maximum atomic E-state index is 13.5. The van der Waals surface area contributed by atoms with E-state index in [1.54, 1.807) is 0 Å². The molecule has 0 atom stereocenters. The summed E-state index contributed by atoms with van der Waals surface area (Å²) in [7, 11) is 0. The second-order valence-corrected chi connectivity index (χ2v) is 7.42. The molecule has 0 unspecified atom stereocenters. The topological polar surface area (TPSA) is 76.1 Å². The van der Waals surface area contributed by atoms with Crippen LogP contribution in [0.1, 0.15) is 49.6 Å². The van der Waals surface area contributed by atoms with Gasteiger partial charge < -0.3 is 5.32 Å². The molecular weight excluding hydrogens is 376 g/mol. The molecule has 0 fully saturated rings. The van der Waals surface area contributed by atoms with Crippen molar-refractivity contribution < 1.29 is 14.4 Å². The smallest absolute Gasteiger partial charge is 0.212 e. The van der Waals surface area contributed by atoms with E-state index >= 15 is 0 Å². The minimum absolute atomic E-state index is 0.117. The largest absolute Gasteiger partial charge is 0.352 e. The van der Waals surface area contributed by atoms with Gasteiger partial charge in [-0.1, -0.05) is 48.5 Å². The van der Waals surface area contributed by atoms with Crippen molar-refractivity contribution in [3.8, 4) is 11.3 Å². The first-order valence-corrected chi connectivity index (χ1v) is 9.92. The van der Waals surface area contributed by atoms with Gasteiger partial charge in [-0.15, -0.1) is 0 Å². The zero-order valence-corrected chi connectivity index (χ0v) is 16.1. The number of pyridine rings is 1. The highest BCUT2D eigenvalue weighted by molar-refractivity contribution is 6.30. The highest BCUT2D eigenvalue weighted by atomic mass is 16.1. The lowest BCUT2D eigenvalue weighted by molar-refractivity contribution is 0.0951. The molecule has 1 N–H and O–H groups in total. The summed E-state index contributed by atoms with van der Waals surface area (Å²) in [5.41, 5.74) is 3.43. The average molecular weight is 394 g/mol. The number of nitrogens with zero attached hydrogens (tertiary/aromatic N) is 1. The Kier molecular flexibility index (Phi) is 4.36. The zero-order chi connectivity index (χ0) is 20.7. The van der Waals surface area contributed by atoms with Gasteiger partial charge in [0.25, 0.3) is 0 Å². The summed E-state index contributed by atoms with van der Waals surface area (Å²) in [6.45, 7) is 0. The first-order chi connectivity index (χ1) is 14.6. The fourth-order valence-corrected chi connectivity index (χ4v) is 4.10. The van der Waals surface area contributed by atoms with Crippen molar-refractivity contribution in [1.82, 2.24) is 4.98 Å². The Labute approximate surface area is 173 Å². The third-order valence-corrected chi connectivity index (χ3v) is 5.46. The van der Waals surface area contributed by atoms with Gasteiger partial charge in [0.2, 0.25) is 5.78 Å². The van der Waals surface area contributed by atoms with Crippen LogP contribution in [0.3, 0.4) is 0 Å². The van der Waals surface area contributed by atoms with Crippen molar-refractivity contribution in [3.05, 3.63) is 94.8 Å². The predicted octanol–water partition coefficient (Wildman–Crippen LogP) is 4.64. The Bertz CT molecular complexity index is 1230. The lowest BCUT2D eigenvalue weighted by Crippen LogP contribution is -2.28. The van der Waals surface area contributed by atoms with Crippen molar-refractivity contribution in [3.63, 3.8) is 0 Å².